The number of benzene rings is 3. The van der Waals surface area contributed by atoms with Crippen LogP contribution >= 0.6 is 35.1 Å². The van der Waals surface area contributed by atoms with Gasteiger partial charge in [-0.15, -0.1) is 23.5 Å². The van der Waals surface area contributed by atoms with Gasteiger partial charge in [0.05, 0.1) is 4.58 Å². The van der Waals surface area contributed by atoms with E-state index in [1.165, 1.54) is 9.79 Å². The molecule has 0 heterocycles. The van der Waals surface area contributed by atoms with E-state index in [4.69, 9.17) is 17.3 Å². The van der Waals surface area contributed by atoms with Crippen molar-refractivity contribution in [2.45, 2.75) is 14.4 Å². The van der Waals surface area contributed by atoms with Gasteiger partial charge in [0.25, 0.3) is 0 Å². The highest BCUT2D eigenvalue weighted by molar-refractivity contribution is 8.16. The second-order valence-corrected chi connectivity index (χ2v) is 8.06. The van der Waals surface area contributed by atoms with E-state index in [1.54, 1.807) is 23.5 Å². The fraction of sp³-hybridized carbons (Fsp3) is 0.0526. The highest BCUT2D eigenvalue weighted by Crippen LogP contribution is 2.48. The van der Waals surface area contributed by atoms with Crippen molar-refractivity contribution in [3.05, 3.63) is 89.4 Å². The van der Waals surface area contributed by atoms with Gasteiger partial charge in [0.1, 0.15) is 0 Å². The number of nitrogen functional groups attached to an aromatic ring is 1. The minimum atomic E-state index is 0.137. The van der Waals surface area contributed by atoms with Gasteiger partial charge in [0, 0.05) is 26.1 Å². The summed E-state index contributed by atoms with van der Waals surface area (Å²) in [5.41, 5.74) is 8.04. The Morgan fingerprint density at radius 3 is 1.78 bits per heavy atom. The lowest BCUT2D eigenvalue weighted by molar-refractivity contribution is 1.33. The average molecular weight is 358 g/mol. The largest absolute Gasteiger partial charge is 0.398 e. The number of halogens is 1. The normalized spacial score (nSPS) is 10.9. The summed E-state index contributed by atoms with van der Waals surface area (Å²) in [5, 5.41) is 0.710. The molecule has 0 unspecified atom stereocenters. The smallest absolute Gasteiger partial charge is 0.0865 e. The van der Waals surface area contributed by atoms with E-state index in [-0.39, 0.29) is 4.58 Å². The van der Waals surface area contributed by atoms with E-state index in [0.717, 1.165) is 11.3 Å². The fourth-order valence-electron chi connectivity index (χ4n) is 2.15. The predicted octanol–water partition coefficient (Wildman–Crippen LogP) is 6.51. The molecule has 0 spiro atoms. The molecule has 0 amide bonds. The maximum absolute atomic E-state index is 6.21. The van der Waals surface area contributed by atoms with Crippen LogP contribution in [-0.2, 0) is 0 Å². The summed E-state index contributed by atoms with van der Waals surface area (Å²) in [6.45, 7) is 0. The first-order chi connectivity index (χ1) is 11.2. The zero-order valence-corrected chi connectivity index (χ0v) is 14.7. The molecule has 0 bridgehead atoms. The summed E-state index contributed by atoms with van der Waals surface area (Å²) in [6.07, 6.45) is 0. The van der Waals surface area contributed by atoms with Gasteiger partial charge < -0.3 is 5.73 Å². The Morgan fingerprint density at radius 1 is 0.739 bits per heavy atom. The quantitative estimate of drug-likeness (QED) is 0.320. The molecule has 0 aliphatic heterocycles. The van der Waals surface area contributed by atoms with Crippen LogP contribution in [0.3, 0.4) is 0 Å². The number of anilines is 1. The molecule has 0 saturated carbocycles. The molecule has 3 aromatic carbocycles. The highest BCUT2D eigenvalue weighted by Gasteiger charge is 2.18. The predicted molar refractivity (Wildman–Crippen MR) is 103 cm³/mol. The Labute approximate surface area is 150 Å². The van der Waals surface area contributed by atoms with Gasteiger partial charge in [-0.1, -0.05) is 48.0 Å². The molecule has 0 aliphatic carbocycles. The molecule has 0 radical (unpaired) electrons. The van der Waals surface area contributed by atoms with Crippen LogP contribution in [0.25, 0.3) is 0 Å². The zero-order valence-electron chi connectivity index (χ0n) is 12.4. The molecule has 3 aromatic rings. The van der Waals surface area contributed by atoms with Crippen LogP contribution in [0.4, 0.5) is 5.69 Å². The van der Waals surface area contributed by atoms with Crippen LogP contribution in [0.5, 0.6) is 0 Å². The third-order valence-electron chi connectivity index (χ3n) is 3.28. The SMILES string of the molecule is Nc1ccc(Cl)cc1C(Sc1ccccc1)Sc1ccccc1. The first-order valence-corrected chi connectivity index (χ1v) is 9.34. The zero-order chi connectivity index (χ0) is 16.1. The summed E-state index contributed by atoms with van der Waals surface area (Å²) in [4.78, 5) is 2.42. The van der Waals surface area contributed by atoms with Gasteiger partial charge in [0.2, 0.25) is 0 Å². The van der Waals surface area contributed by atoms with Crippen molar-refractivity contribution in [2.24, 2.45) is 0 Å². The lowest BCUT2D eigenvalue weighted by atomic mass is 10.2. The summed E-state index contributed by atoms with van der Waals surface area (Å²) in [5.74, 6) is 0. The minimum absolute atomic E-state index is 0.137. The number of nitrogens with two attached hydrogens (primary N) is 1. The maximum Gasteiger partial charge on any atom is 0.0865 e. The summed E-state index contributed by atoms with van der Waals surface area (Å²) >= 11 is 9.76. The molecule has 0 atom stereocenters. The minimum Gasteiger partial charge on any atom is -0.398 e. The number of thioether (sulfide) groups is 2. The van der Waals surface area contributed by atoms with E-state index in [9.17, 15) is 0 Å². The number of rotatable bonds is 5. The van der Waals surface area contributed by atoms with E-state index in [1.807, 2.05) is 54.6 Å². The van der Waals surface area contributed by atoms with Crippen molar-refractivity contribution < 1.29 is 0 Å². The Hall–Kier alpha value is -1.55. The van der Waals surface area contributed by atoms with Crippen LogP contribution in [0.1, 0.15) is 10.1 Å². The first-order valence-electron chi connectivity index (χ1n) is 7.21. The first kappa shape index (κ1) is 16.3. The van der Waals surface area contributed by atoms with Gasteiger partial charge in [-0.25, -0.2) is 0 Å². The molecule has 0 aliphatic rings. The Morgan fingerprint density at radius 2 is 1.26 bits per heavy atom. The van der Waals surface area contributed by atoms with Gasteiger partial charge in [-0.05, 0) is 42.5 Å². The second-order valence-electron chi connectivity index (χ2n) is 4.97. The van der Waals surface area contributed by atoms with Gasteiger partial charge in [-0.3, -0.25) is 0 Å². The van der Waals surface area contributed by atoms with Crippen LogP contribution < -0.4 is 5.73 Å². The Kier molecular flexibility index (Phi) is 5.55. The third-order valence-corrected chi connectivity index (χ3v) is 6.11. The molecular weight excluding hydrogens is 342 g/mol. The molecular formula is C19H16ClNS2. The van der Waals surface area contributed by atoms with Crippen molar-refractivity contribution in [3.63, 3.8) is 0 Å². The standard InChI is InChI=1S/C19H16ClNS2/c20-14-11-12-18(21)17(13-14)19(22-15-7-3-1-4-8-15)23-16-9-5-2-6-10-16/h1-13,19H,21H2. The van der Waals surface area contributed by atoms with Crippen molar-refractivity contribution in [1.29, 1.82) is 0 Å². The molecule has 116 valence electrons. The Bertz CT molecular complexity index is 721. The highest BCUT2D eigenvalue weighted by atomic mass is 35.5. The lowest BCUT2D eigenvalue weighted by Gasteiger charge is -2.19. The summed E-state index contributed by atoms with van der Waals surface area (Å²) < 4.78 is 0.137. The van der Waals surface area contributed by atoms with Crippen molar-refractivity contribution in [1.82, 2.24) is 0 Å². The van der Waals surface area contributed by atoms with E-state index >= 15 is 0 Å². The van der Waals surface area contributed by atoms with Crippen LogP contribution in [0, 0.1) is 0 Å². The van der Waals surface area contributed by atoms with Crippen LogP contribution in [0.2, 0.25) is 5.02 Å². The molecule has 1 nitrogen and oxygen atoms in total. The monoisotopic (exact) mass is 357 g/mol. The van der Waals surface area contributed by atoms with Gasteiger partial charge in [0.15, 0.2) is 0 Å². The number of hydrogen-bond acceptors (Lipinski definition) is 3. The number of hydrogen-bond donors (Lipinski definition) is 1. The van der Waals surface area contributed by atoms with Gasteiger partial charge >= 0.3 is 0 Å². The molecule has 0 aromatic heterocycles. The fourth-order valence-corrected chi connectivity index (χ4v) is 4.97. The van der Waals surface area contributed by atoms with E-state index in [0.29, 0.717) is 5.02 Å². The molecule has 0 saturated heterocycles. The van der Waals surface area contributed by atoms with Crippen molar-refractivity contribution in [2.75, 3.05) is 5.73 Å². The van der Waals surface area contributed by atoms with Crippen molar-refractivity contribution in [3.8, 4) is 0 Å². The Balaban J connectivity index is 1.94. The van der Waals surface area contributed by atoms with E-state index < -0.39 is 0 Å². The summed E-state index contributed by atoms with van der Waals surface area (Å²) in [7, 11) is 0. The van der Waals surface area contributed by atoms with Crippen LogP contribution in [0.15, 0.2) is 88.7 Å². The maximum atomic E-state index is 6.21. The van der Waals surface area contributed by atoms with Crippen molar-refractivity contribution >= 4 is 40.8 Å². The molecule has 3 rings (SSSR count). The van der Waals surface area contributed by atoms with E-state index in [2.05, 4.69) is 24.3 Å². The molecule has 0 fully saturated rings. The lowest BCUT2D eigenvalue weighted by Crippen LogP contribution is -1.97. The van der Waals surface area contributed by atoms with Gasteiger partial charge in [-0.2, -0.15) is 0 Å². The van der Waals surface area contributed by atoms with Crippen LogP contribution in [-0.4, -0.2) is 0 Å². The average Bonchev–Trinajstić information content (AvgIpc) is 2.58. The molecule has 23 heavy (non-hydrogen) atoms. The molecule has 2 N–H and O–H groups in total. The third kappa shape index (κ3) is 4.47. The topological polar surface area (TPSA) is 26.0 Å². The summed E-state index contributed by atoms with van der Waals surface area (Å²) in [6, 6.07) is 26.4. The molecule has 4 heteroatoms. The second kappa shape index (κ2) is 7.82.